The van der Waals surface area contributed by atoms with E-state index in [4.69, 9.17) is 10.5 Å². The summed E-state index contributed by atoms with van der Waals surface area (Å²) in [4.78, 5) is 28.8. The van der Waals surface area contributed by atoms with Gasteiger partial charge in [-0.2, -0.15) is 5.26 Å². The lowest BCUT2D eigenvalue weighted by Crippen LogP contribution is -2.33. The lowest BCUT2D eigenvalue weighted by atomic mass is 9.90. The van der Waals surface area contributed by atoms with E-state index in [2.05, 4.69) is 9.97 Å². The Morgan fingerprint density at radius 1 is 1.43 bits per heavy atom. The quantitative estimate of drug-likeness (QED) is 0.713. The molecule has 0 aliphatic carbocycles. The van der Waals surface area contributed by atoms with Crippen molar-refractivity contribution in [3.05, 3.63) is 59.7 Å². The molecule has 0 bridgehead atoms. The molecule has 1 atom stereocenters. The fraction of sp³-hybridized carbons (Fsp3) is 0.154. The molecule has 4 N–H and O–H groups in total. The van der Waals surface area contributed by atoms with Crippen molar-refractivity contribution in [1.29, 1.82) is 5.26 Å². The molecule has 3 heterocycles. The van der Waals surface area contributed by atoms with Gasteiger partial charge in [0.25, 0.3) is 5.56 Å². The highest BCUT2D eigenvalue weighted by Gasteiger charge is 2.34. The van der Waals surface area contributed by atoms with Crippen LogP contribution in [0.25, 0.3) is 0 Å². The topological polar surface area (TPSA) is 125 Å². The molecule has 2 aromatic heterocycles. The summed E-state index contributed by atoms with van der Waals surface area (Å²) in [5.41, 5.74) is 5.82. The Kier molecular flexibility index (Phi) is 2.92. The van der Waals surface area contributed by atoms with Gasteiger partial charge in [-0.3, -0.25) is 14.8 Å². The predicted octanol–water partition coefficient (Wildman–Crippen LogP) is 0.651. The van der Waals surface area contributed by atoms with E-state index < -0.39 is 17.2 Å². The summed E-state index contributed by atoms with van der Waals surface area (Å²) >= 11 is 1.41. The van der Waals surface area contributed by atoms with E-state index in [0.717, 1.165) is 10.4 Å². The molecule has 1 aliphatic rings. The zero-order chi connectivity index (χ0) is 15.1. The number of rotatable bonds is 1. The number of nitrogens with two attached hydrogens (primary N) is 1. The van der Waals surface area contributed by atoms with Crippen molar-refractivity contribution >= 4 is 11.3 Å². The largest absolute Gasteiger partial charge is 0.424 e. The van der Waals surface area contributed by atoms with Gasteiger partial charge in [0.1, 0.15) is 11.6 Å². The van der Waals surface area contributed by atoms with Gasteiger partial charge < -0.3 is 10.5 Å². The SMILES string of the molecule is Cc1csc(C2C(C#N)=C(N)Oc3[nH]c(=O)[nH]c(=O)c32)c1. The summed E-state index contributed by atoms with van der Waals surface area (Å²) in [7, 11) is 0. The maximum absolute atomic E-state index is 12.1. The van der Waals surface area contributed by atoms with Crippen LogP contribution in [-0.4, -0.2) is 9.97 Å². The van der Waals surface area contributed by atoms with Crippen LogP contribution < -0.4 is 21.7 Å². The highest BCUT2D eigenvalue weighted by Crippen LogP contribution is 2.40. The number of aryl methyl sites for hydroxylation is 1. The molecule has 106 valence electrons. The van der Waals surface area contributed by atoms with Gasteiger partial charge in [-0.05, 0) is 23.9 Å². The molecule has 0 fully saturated rings. The molecule has 7 nitrogen and oxygen atoms in total. The number of fused-ring (bicyclic) bond motifs is 1. The molecular weight excluding hydrogens is 292 g/mol. The molecule has 0 aromatic carbocycles. The fourth-order valence-electron chi connectivity index (χ4n) is 2.28. The number of allylic oxidation sites excluding steroid dienone is 1. The van der Waals surface area contributed by atoms with Crippen molar-refractivity contribution in [1.82, 2.24) is 9.97 Å². The zero-order valence-electron chi connectivity index (χ0n) is 10.9. The smallest absolute Gasteiger partial charge is 0.328 e. The third kappa shape index (κ3) is 2.04. The van der Waals surface area contributed by atoms with Crippen LogP contribution in [0.15, 0.2) is 32.5 Å². The monoisotopic (exact) mass is 302 g/mol. The summed E-state index contributed by atoms with van der Waals surface area (Å²) in [5, 5.41) is 11.2. The molecule has 2 aromatic rings. The molecule has 1 unspecified atom stereocenters. The summed E-state index contributed by atoms with van der Waals surface area (Å²) in [6.45, 7) is 1.91. The Labute approximate surface area is 122 Å². The normalized spacial score (nSPS) is 17.0. The first kappa shape index (κ1) is 13.2. The Bertz CT molecular complexity index is 912. The second kappa shape index (κ2) is 4.64. The van der Waals surface area contributed by atoms with E-state index in [1.165, 1.54) is 11.3 Å². The minimum atomic E-state index is -0.687. The number of nitrogens with one attached hydrogen (secondary N) is 2. The average molecular weight is 302 g/mol. The number of hydrogen-bond acceptors (Lipinski definition) is 6. The number of hydrogen-bond donors (Lipinski definition) is 3. The number of ether oxygens (including phenoxy) is 1. The fourth-order valence-corrected chi connectivity index (χ4v) is 3.29. The van der Waals surface area contributed by atoms with Crippen LogP contribution in [0, 0.1) is 18.3 Å². The van der Waals surface area contributed by atoms with Gasteiger partial charge in [0.05, 0.1) is 11.5 Å². The van der Waals surface area contributed by atoms with Crippen molar-refractivity contribution in [3.63, 3.8) is 0 Å². The lowest BCUT2D eigenvalue weighted by molar-refractivity contribution is 0.374. The molecular formula is C13H10N4O3S. The van der Waals surface area contributed by atoms with Crippen LogP contribution >= 0.6 is 11.3 Å². The Hall–Kier alpha value is -2.79. The third-order valence-electron chi connectivity index (χ3n) is 3.15. The number of aromatic amines is 2. The van der Waals surface area contributed by atoms with E-state index in [-0.39, 0.29) is 22.9 Å². The van der Waals surface area contributed by atoms with Crippen molar-refractivity contribution in [3.8, 4) is 11.9 Å². The number of H-pyrrole nitrogens is 2. The number of nitrogens with zero attached hydrogens (tertiary/aromatic N) is 1. The number of aromatic nitrogens is 2. The van der Waals surface area contributed by atoms with Crippen molar-refractivity contribution in [2.45, 2.75) is 12.8 Å². The van der Waals surface area contributed by atoms with Crippen LogP contribution in [0.5, 0.6) is 5.88 Å². The summed E-state index contributed by atoms with van der Waals surface area (Å²) in [6, 6.07) is 3.86. The van der Waals surface area contributed by atoms with Gasteiger partial charge in [-0.15, -0.1) is 11.3 Å². The second-order valence-electron chi connectivity index (χ2n) is 4.60. The van der Waals surface area contributed by atoms with E-state index in [0.29, 0.717) is 0 Å². The lowest BCUT2D eigenvalue weighted by Gasteiger charge is -2.23. The molecule has 1 aliphatic heterocycles. The standard InChI is InChI=1S/C13H10N4O3S/c1-5-2-7(21-4-5)8-6(3-14)10(15)20-12-9(8)11(18)16-13(19)17-12/h2,4,8H,15H2,1H3,(H2,16,17,18,19). The van der Waals surface area contributed by atoms with Gasteiger partial charge in [0, 0.05) is 4.88 Å². The maximum atomic E-state index is 12.1. The Morgan fingerprint density at radius 3 is 2.81 bits per heavy atom. The summed E-state index contributed by atoms with van der Waals surface area (Å²) in [5.74, 6) is -0.767. The number of thiophene rings is 1. The highest BCUT2D eigenvalue weighted by molar-refractivity contribution is 7.10. The van der Waals surface area contributed by atoms with E-state index in [1.54, 1.807) is 0 Å². The van der Waals surface area contributed by atoms with Crippen molar-refractivity contribution in [2.75, 3.05) is 0 Å². The van der Waals surface area contributed by atoms with Crippen LogP contribution in [0.2, 0.25) is 0 Å². The zero-order valence-corrected chi connectivity index (χ0v) is 11.7. The molecule has 8 heteroatoms. The summed E-state index contributed by atoms with van der Waals surface area (Å²) in [6.07, 6.45) is 0. The minimum Gasteiger partial charge on any atom is -0.424 e. The first-order chi connectivity index (χ1) is 10.0. The Morgan fingerprint density at radius 2 is 2.19 bits per heavy atom. The van der Waals surface area contributed by atoms with Gasteiger partial charge in [0.2, 0.25) is 11.8 Å². The second-order valence-corrected chi connectivity index (χ2v) is 5.55. The molecule has 0 saturated carbocycles. The predicted molar refractivity (Wildman–Crippen MR) is 76.0 cm³/mol. The average Bonchev–Trinajstić information content (AvgIpc) is 2.83. The maximum Gasteiger partial charge on any atom is 0.328 e. The minimum absolute atomic E-state index is 0.0173. The van der Waals surface area contributed by atoms with Gasteiger partial charge in [-0.1, -0.05) is 0 Å². The van der Waals surface area contributed by atoms with Crippen LogP contribution in [0.4, 0.5) is 0 Å². The first-order valence-corrected chi connectivity index (χ1v) is 6.88. The van der Waals surface area contributed by atoms with Crippen LogP contribution in [0.3, 0.4) is 0 Å². The van der Waals surface area contributed by atoms with Gasteiger partial charge in [0.15, 0.2) is 0 Å². The van der Waals surface area contributed by atoms with Crippen LogP contribution in [0.1, 0.15) is 21.9 Å². The summed E-state index contributed by atoms with van der Waals surface area (Å²) < 4.78 is 5.22. The van der Waals surface area contributed by atoms with E-state index in [9.17, 15) is 14.9 Å². The van der Waals surface area contributed by atoms with Crippen molar-refractivity contribution in [2.24, 2.45) is 5.73 Å². The Balaban J connectivity index is 2.33. The van der Waals surface area contributed by atoms with Crippen LogP contribution in [-0.2, 0) is 0 Å². The van der Waals surface area contributed by atoms with E-state index >= 15 is 0 Å². The first-order valence-electron chi connectivity index (χ1n) is 6.00. The van der Waals surface area contributed by atoms with Crippen molar-refractivity contribution < 1.29 is 4.74 Å². The molecule has 3 rings (SSSR count). The highest BCUT2D eigenvalue weighted by atomic mass is 32.1. The molecule has 0 amide bonds. The van der Waals surface area contributed by atoms with E-state index in [1.807, 2.05) is 24.4 Å². The molecule has 0 radical (unpaired) electrons. The van der Waals surface area contributed by atoms with Gasteiger partial charge in [-0.25, -0.2) is 4.79 Å². The molecule has 0 spiro atoms. The molecule has 21 heavy (non-hydrogen) atoms. The van der Waals surface area contributed by atoms with Gasteiger partial charge >= 0.3 is 5.69 Å². The third-order valence-corrected chi connectivity index (χ3v) is 4.27. The molecule has 0 saturated heterocycles. The number of nitriles is 1.